The van der Waals surface area contributed by atoms with Crippen LogP contribution in [0, 0.1) is 0 Å². The van der Waals surface area contributed by atoms with Crippen molar-refractivity contribution in [3.8, 4) is 5.75 Å². The van der Waals surface area contributed by atoms with Gasteiger partial charge < -0.3 is 15.2 Å². The van der Waals surface area contributed by atoms with Gasteiger partial charge in [0.1, 0.15) is 18.5 Å². The molecule has 2 rings (SSSR count). The van der Waals surface area contributed by atoms with Gasteiger partial charge in [-0.25, -0.2) is 0 Å². The number of aliphatic hydroxyl groups is 1. The predicted octanol–water partition coefficient (Wildman–Crippen LogP) is 4.98. The lowest BCUT2D eigenvalue weighted by Gasteiger charge is -2.19. The molecule has 2 unspecified atom stereocenters. The molecule has 2 aromatic rings. The molecule has 2 N–H and O–H groups in total. The van der Waals surface area contributed by atoms with Crippen LogP contribution in [0.15, 0.2) is 48.5 Å². The number of benzene rings is 2. The Morgan fingerprint density at radius 1 is 1.04 bits per heavy atom. The van der Waals surface area contributed by atoms with Gasteiger partial charge in [0.05, 0.1) is 0 Å². The van der Waals surface area contributed by atoms with Crippen LogP contribution in [0.1, 0.15) is 43.9 Å². The molecule has 0 bridgehead atoms. The first-order valence-corrected chi connectivity index (χ1v) is 8.73. The highest BCUT2D eigenvalue weighted by atomic mass is 35.5. The van der Waals surface area contributed by atoms with Crippen molar-refractivity contribution in [2.24, 2.45) is 0 Å². The molecule has 0 aliphatic carbocycles. The van der Waals surface area contributed by atoms with Crippen LogP contribution in [0.4, 0.5) is 0 Å². The first-order chi connectivity index (χ1) is 11.5. The van der Waals surface area contributed by atoms with E-state index in [-0.39, 0.29) is 25.1 Å². The van der Waals surface area contributed by atoms with E-state index in [0.717, 1.165) is 21.9 Å². The number of aliphatic hydroxyl groups excluding tert-OH is 1. The number of halogens is 2. The largest absolute Gasteiger partial charge is 0.491 e. The summed E-state index contributed by atoms with van der Waals surface area (Å²) in [5.41, 5.74) is 2.30. The Kier molecular flexibility index (Phi) is 9.30. The van der Waals surface area contributed by atoms with Crippen LogP contribution < -0.4 is 10.1 Å². The van der Waals surface area contributed by atoms with Crippen LogP contribution in [-0.4, -0.2) is 24.4 Å². The second-order valence-electron chi connectivity index (χ2n) is 6.34. The summed E-state index contributed by atoms with van der Waals surface area (Å²) < 4.78 is 5.81. The van der Waals surface area contributed by atoms with E-state index >= 15 is 0 Å². The Bertz CT molecular complexity index is 632. The molecule has 0 saturated heterocycles. The number of rotatable bonds is 8. The van der Waals surface area contributed by atoms with Crippen LogP contribution in [-0.2, 0) is 0 Å². The van der Waals surface area contributed by atoms with E-state index in [4.69, 9.17) is 16.3 Å². The molecule has 138 valence electrons. The fourth-order valence-corrected chi connectivity index (χ4v) is 2.64. The Morgan fingerprint density at radius 3 is 2.32 bits per heavy atom. The molecule has 0 aliphatic rings. The van der Waals surface area contributed by atoms with Crippen molar-refractivity contribution < 1.29 is 9.84 Å². The summed E-state index contributed by atoms with van der Waals surface area (Å²) in [5.74, 6) is 1.23. The van der Waals surface area contributed by atoms with Crippen LogP contribution in [0.25, 0.3) is 0 Å². The minimum atomic E-state index is -0.569. The fraction of sp³-hybridized carbons (Fsp3) is 0.400. The average Bonchev–Trinajstić information content (AvgIpc) is 2.58. The van der Waals surface area contributed by atoms with Gasteiger partial charge in [-0.3, -0.25) is 0 Å². The molecule has 0 aromatic heterocycles. The molecule has 2 atom stereocenters. The summed E-state index contributed by atoms with van der Waals surface area (Å²) in [7, 11) is 0. The van der Waals surface area contributed by atoms with Gasteiger partial charge in [-0.1, -0.05) is 55.8 Å². The maximum atomic E-state index is 10.2. The van der Waals surface area contributed by atoms with Crippen molar-refractivity contribution in [2.75, 3.05) is 13.2 Å². The molecule has 0 fully saturated rings. The molecule has 0 spiro atoms. The lowest BCUT2D eigenvalue weighted by atomic mass is 10.0. The molecule has 0 heterocycles. The highest BCUT2D eigenvalue weighted by Crippen LogP contribution is 2.25. The summed E-state index contributed by atoms with van der Waals surface area (Å²) in [5, 5.41) is 14.2. The van der Waals surface area contributed by atoms with Crippen molar-refractivity contribution in [1.29, 1.82) is 0 Å². The molecule has 25 heavy (non-hydrogen) atoms. The minimum Gasteiger partial charge on any atom is -0.491 e. The smallest absolute Gasteiger partial charge is 0.122 e. The monoisotopic (exact) mass is 383 g/mol. The zero-order valence-electron chi connectivity index (χ0n) is 14.9. The topological polar surface area (TPSA) is 41.5 Å². The van der Waals surface area contributed by atoms with Crippen molar-refractivity contribution in [3.05, 3.63) is 64.7 Å². The third-order valence-corrected chi connectivity index (χ3v) is 4.25. The van der Waals surface area contributed by atoms with E-state index in [1.165, 1.54) is 0 Å². The summed E-state index contributed by atoms with van der Waals surface area (Å²) in [6, 6.07) is 15.8. The van der Waals surface area contributed by atoms with Crippen LogP contribution in [0.2, 0.25) is 5.02 Å². The lowest BCUT2D eigenvalue weighted by molar-refractivity contribution is 0.103. The summed E-state index contributed by atoms with van der Waals surface area (Å²) in [4.78, 5) is 0. The van der Waals surface area contributed by atoms with Crippen LogP contribution >= 0.6 is 24.0 Å². The molecule has 0 saturated carbocycles. The highest BCUT2D eigenvalue weighted by Gasteiger charge is 2.12. The van der Waals surface area contributed by atoms with E-state index in [1.807, 2.05) is 42.5 Å². The van der Waals surface area contributed by atoms with Gasteiger partial charge >= 0.3 is 0 Å². The quantitative estimate of drug-likeness (QED) is 0.675. The summed E-state index contributed by atoms with van der Waals surface area (Å²) in [6.07, 6.45) is -0.569. The van der Waals surface area contributed by atoms with E-state index in [1.54, 1.807) is 0 Å². The number of hydrogen-bond acceptors (Lipinski definition) is 3. The van der Waals surface area contributed by atoms with Gasteiger partial charge in [0.25, 0.3) is 0 Å². The molecular weight excluding hydrogens is 357 g/mol. The molecule has 0 aliphatic heterocycles. The van der Waals surface area contributed by atoms with E-state index < -0.39 is 6.10 Å². The molecule has 2 aromatic carbocycles. The maximum Gasteiger partial charge on any atom is 0.122 e. The number of ether oxygens (including phenoxy) is 1. The number of para-hydroxylation sites is 1. The second-order valence-corrected chi connectivity index (χ2v) is 6.78. The van der Waals surface area contributed by atoms with E-state index in [2.05, 4.69) is 32.2 Å². The fourth-order valence-electron chi connectivity index (χ4n) is 2.52. The third-order valence-electron chi connectivity index (χ3n) is 4.00. The Hall–Kier alpha value is -1.26. The molecule has 3 nitrogen and oxygen atoms in total. The third kappa shape index (κ3) is 6.87. The molecule has 0 amide bonds. The van der Waals surface area contributed by atoms with Gasteiger partial charge in [0, 0.05) is 17.6 Å². The van der Waals surface area contributed by atoms with Crippen molar-refractivity contribution in [1.82, 2.24) is 5.32 Å². The lowest BCUT2D eigenvalue weighted by Crippen LogP contribution is -2.33. The summed E-state index contributed by atoms with van der Waals surface area (Å²) >= 11 is 5.90. The van der Waals surface area contributed by atoms with Gasteiger partial charge in [-0.2, -0.15) is 0 Å². The number of nitrogens with one attached hydrogen (secondary N) is 1. The van der Waals surface area contributed by atoms with Gasteiger partial charge in [0.2, 0.25) is 0 Å². The van der Waals surface area contributed by atoms with E-state index in [9.17, 15) is 5.11 Å². The molecular formula is C20H27Cl2NO2. The highest BCUT2D eigenvalue weighted by molar-refractivity contribution is 6.30. The predicted molar refractivity (Wildman–Crippen MR) is 107 cm³/mol. The normalized spacial score (nSPS) is 13.2. The minimum absolute atomic E-state index is 0. The maximum absolute atomic E-state index is 10.2. The Balaban J connectivity index is 0.00000312. The zero-order valence-corrected chi connectivity index (χ0v) is 16.5. The van der Waals surface area contributed by atoms with E-state index in [0.29, 0.717) is 12.5 Å². The SMILES string of the molecule is CC(C)c1ccccc1OCC(O)CNC(C)c1ccc(Cl)cc1.Cl. The standard InChI is InChI=1S/C20H26ClNO2.ClH/c1-14(2)19-6-4-5-7-20(19)24-13-18(23)12-22-15(3)16-8-10-17(21)11-9-16;/h4-11,14-15,18,22-23H,12-13H2,1-3H3;1H. The van der Waals surface area contributed by atoms with Crippen molar-refractivity contribution >= 4 is 24.0 Å². The van der Waals surface area contributed by atoms with Gasteiger partial charge in [-0.15, -0.1) is 12.4 Å². The Morgan fingerprint density at radius 2 is 1.68 bits per heavy atom. The van der Waals surface area contributed by atoms with Crippen molar-refractivity contribution in [2.45, 2.75) is 38.8 Å². The summed E-state index contributed by atoms with van der Waals surface area (Å²) in [6.45, 7) is 7.06. The molecule has 5 heteroatoms. The van der Waals surface area contributed by atoms with Gasteiger partial charge in [-0.05, 0) is 42.2 Å². The second kappa shape index (κ2) is 10.7. The average molecular weight is 384 g/mol. The van der Waals surface area contributed by atoms with Crippen molar-refractivity contribution in [3.63, 3.8) is 0 Å². The Labute approximate surface area is 161 Å². The number of hydrogen-bond donors (Lipinski definition) is 2. The molecule has 0 radical (unpaired) electrons. The van der Waals surface area contributed by atoms with Gasteiger partial charge in [0.15, 0.2) is 0 Å². The van der Waals surface area contributed by atoms with Crippen LogP contribution in [0.5, 0.6) is 5.75 Å². The zero-order chi connectivity index (χ0) is 17.5. The first-order valence-electron chi connectivity index (χ1n) is 8.36. The first kappa shape index (κ1) is 21.8. The van der Waals surface area contributed by atoms with Crippen LogP contribution in [0.3, 0.4) is 0 Å².